The van der Waals surface area contributed by atoms with Gasteiger partial charge in [-0.1, -0.05) is 13.8 Å². The summed E-state index contributed by atoms with van der Waals surface area (Å²) in [6.07, 6.45) is 1.70. The van der Waals surface area contributed by atoms with Crippen LogP contribution >= 0.6 is 0 Å². The van der Waals surface area contributed by atoms with Crippen LogP contribution in [0.3, 0.4) is 0 Å². The van der Waals surface area contributed by atoms with E-state index in [-0.39, 0.29) is 0 Å². The number of hydrogen-bond acceptors (Lipinski definition) is 2. The summed E-state index contributed by atoms with van der Waals surface area (Å²) in [4.78, 5) is 4.82. The van der Waals surface area contributed by atoms with Crippen LogP contribution in [0, 0.1) is 0 Å². The second kappa shape index (κ2) is 6.44. The molecule has 1 fully saturated rings. The average molecular weight is 216 g/mol. The maximum atomic E-state index is 12.9. The Bertz CT molecular complexity index is 173. The van der Waals surface area contributed by atoms with Crippen LogP contribution in [0.1, 0.15) is 33.6 Å². The van der Waals surface area contributed by atoms with Gasteiger partial charge in [-0.05, 0) is 26.3 Å². The van der Waals surface area contributed by atoms with Crippen molar-refractivity contribution in [3.63, 3.8) is 0 Å². The molecule has 0 spiro atoms. The summed E-state index contributed by atoms with van der Waals surface area (Å²) >= 11 is 0. The fourth-order valence-corrected chi connectivity index (χ4v) is 2.45. The Labute approximate surface area is 93.4 Å². The fourth-order valence-electron chi connectivity index (χ4n) is 2.45. The van der Waals surface area contributed by atoms with Crippen LogP contribution < -0.4 is 0 Å². The van der Waals surface area contributed by atoms with E-state index in [2.05, 4.69) is 23.6 Å². The molecule has 0 aromatic rings. The van der Waals surface area contributed by atoms with Gasteiger partial charge in [-0.15, -0.1) is 0 Å². The van der Waals surface area contributed by atoms with Crippen molar-refractivity contribution < 1.29 is 4.39 Å². The number of halogens is 1. The molecule has 1 aliphatic heterocycles. The van der Waals surface area contributed by atoms with Crippen LogP contribution in [-0.2, 0) is 0 Å². The third kappa shape index (κ3) is 4.07. The molecule has 0 amide bonds. The van der Waals surface area contributed by atoms with Gasteiger partial charge in [-0.2, -0.15) is 0 Å². The van der Waals surface area contributed by atoms with E-state index in [1.165, 1.54) is 19.4 Å². The summed E-state index contributed by atoms with van der Waals surface area (Å²) in [7, 11) is 0. The Morgan fingerprint density at radius 2 is 2.07 bits per heavy atom. The van der Waals surface area contributed by atoms with Crippen molar-refractivity contribution in [3.05, 3.63) is 0 Å². The lowest BCUT2D eigenvalue weighted by atomic mass is 10.1. The van der Waals surface area contributed by atoms with Crippen molar-refractivity contribution in [2.24, 2.45) is 0 Å². The number of hydrogen-bond donors (Lipinski definition) is 0. The van der Waals surface area contributed by atoms with Gasteiger partial charge in [0.2, 0.25) is 0 Å². The van der Waals surface area contributed by atoms with E-state index in [9.17, 15) is 4.39 Å². The van der Waals surface area contributed by atoms with Crippen molar-refractivity contribution in [1.82, 2.24) is 9.80 Å². The quantitative estimate of drug-likeness (QED) is 0.695. The van der Waals surface area contributed by atoms with Gasteiger partial charge in [-0.3, -0.25) is 9.80 Å². The molecule has 90 valence electrons. The smallest absolute Gasteiger partial charge is 0.110 e. The number of piperazine rings is 1. The van der Waals surface area contributed by atoms with Crippen molar-refractivity contribution in [3.8, 4) is 0 Å². The highest BCUT2D eigenvalue weighted by molar-refractivity contribution is 4.81. The van der Waals surface area contributed by atoms with Crippen molar-refractivity contribution in [2.75, 3.05) is 32.7 Å². The molecule has 0 saturated carbocycles. The van der Waals surface area contributed by atoms with Crippen LogP contribution in [0.15, 0.2) is 0 Å². The van der Waals surface area contributed by atoms with Crippen LogP contribution in [0.2, 0.25) is 0 Å². The van der Waals surface area contributed by atoms with E-state index in [1.807, 2.05) is 0 Å². The van der Waals surface area contributed by atoms with E-state index in [0.717, 1.165) is 19.6 Å². The molecule has 0 radical (unpaired) electrons. The van der Waals surface area contributed by atoms with E-state index < -0.39 is 6.17 Å². The first-order valence-electron chi connectivity index (χ1n) is 6.27. The highest BCUT2D eigenvalue weighted by atomic mass is 19.1. The lowest BCUT2D eigenvalue weighted by Gasteiger charge is -2.41. The highest BCUT2D eigenvalue weighted by Gasteiger charge is 2.25. The summed E-state index contributed by atoms with van der Waals surface area (Å²) in [5.41, 5.74) is 0. The second-order valence-electron chi connectivity index (χ2n) is 4.64. The summed E-state index contributed by atoms with van der Waals surface area (Å²) in [5, 5.41) is 0. The summed E-state index contributed by atoms with van der Waals surface area (Å²) < 4.78 is 12.9. The number of alkyl halides is 1. The number of rotatable bonds is 5. The Morgan fingerprint density at radius 1 is 1.33 bits per heavy atom. The molecule has 1 rings (SSSR count). The number of nitrogens with zero attached hydrogens (tertiary/aromatic N) is 2. The van der Waals surface area contributed by atoms with Crippen LogP contribution in [-0.4, -0.2) is 54.7 Å². The minimum atomic E-state index is -0.694. The zero-order chi connectivity index (χ0) is 11.3. The molecule has 1 heterocycles. The molecule has 2 nitrogen and oxygen atoms in total. The molecule has 0 bridgehead atoms. The first kappa shape index (κ1) is 12.9. The Hall–Kier alpha value is -0.150. The van der Waals surface area contributed by atoms with Crippen LogP contribution in [0.25, 0.3) is 0 Å². The van der Waals surface area contributed by atoms with E-state index in [0.29, 0.717) is 12.6 Å². The summed E-state index contributed by atoms with van der Waals surface area (Å²) in [6, 6.07) is 0.637. The lowest BCUT2D eigenvalue weighted by Crippen LogP contribution is -2.53. The largest absolute Gasteiger partial charge is 0.298 e. The molecular weight excluding hydrogens is 191 g/mol. The molecule has 3 heteroatoms. The Morgan fingerprint density at radius 3 is 2.60 bits per heavy atom. The highest BCUT2D eigenvalue weighted by Crippen LogP contribution is 2.13. The van der Waals surface area contributed by atoms with Gasteiger partial charge >= 0.3 is 0 Å². The predicted octanol–water partition coefficient (Wildman–Crippen LogP) is 2.15. The van der Waals surface area contributed by atoms with Gasteiger partial charge in [0.15, 0.2) is 0 Å². The van der Waals surface area contributed by atoms with Crippen molar-refractivity contribution in [1.29, 1.82) is 0 Å². The topological polar surface area (TPSA) is 6.48 Å². The molecule has 2 unspecified atom stereocenters. The first-order valence-corrected chi connectivity index (χ1v) is 6.27. The SMILES string of the molecule is CCCN1CCN(CC(C)F)CC1CC. The van der Waals surface area contributed by atoms with Crippen LogP contribution in [0.4, 0.5) is 4.39 Å². The normalized spacial score (nSPS) is 26.8. The molecule has 0 N–H and O–H groups in total. The fraction of sp³-hybridized carbons (Fsp3) is 1.00. The molecule has 2 atom stereocenters. The minimum absolute atomic E-state index is 0.608. The van der Waals surface area contributed by atoms with E-state index in [4.69, 9.17) is 0 Å². The molecular formula is C12H25FN2. The summed E-state index contributed by atoms with van der Waals surface area (Å²) in [6.45, 7) is 11.1. The monoisotopic (exact) mass is 216 g/mol. The van der Waals surface area contributed by atoms with E-state index >= 15 is 0 Å². The first-order chi connectivity index (χ1) is 7.17. The maximum Gasteiger partial charge on any atom is 0.110 e. The molecule has 1 aliphatic rings. The van der Waals surface area contributed by atoms with Gasteiger partial charge in [0, 0.05) is 32.2 Å². The van der Waals surface area contributed by atoms with Gasteiger partial charge in [-0.25, -0.2) is 4.39 Å². The molecule has 15 heavy (non-hydrogen) atoms. The average Bonchev–Trinajstić information content (AvgIpc) is 2.20. The standard InChI is InChI=1S/C12H25FN2/c1-4-6-15-8-7-14(9-11(3)13)10-12(15)5-2/h11-12H,4-10H2,1-3H3. The third-order valence-electron chi connectivity index (χ3n) is 3.18. The Balaban J connectivity index is 2.40. The minimum Gasteiger partial charge on any atom is -0.298 e. The maximum absolute atomic E-state index is 12.9. The van der Waals surface area contributed by atoms with Crippen LogP contribution in [0.5, 0.6) is 0 Å². The molecule has 1 saturated heterocycles. The molecule has 0 aromatic heterocycles. The van der Waals surface area contributed by atoms with Crippen molar-refractivity contribution >= 4 is 0 Å². The zero-order valence-electron chi connectivity index (χ0n) is 10.4. The lowest BCUT2D eigenvalue weighted by molar-refractivity contribution is 0.0594. The third-order valence-corrected chi connectivity index (χ3v) is 3.18. The Kier molecular flexibility index (Phi) is 5.54. The summed E-state index contributed by atoms with van der Waals surface area (Å²) in [5.74, 6) is 0. The van der Waals surface area contributed by atoms with Gasteiger partial charge < -0.3 is 0 Å². The predicted molar refractivity (Wildman–Crippen MR) is 63.0 cm³/mol. The zero-order valence-corrected chi connectivity index (χ0v) is 10.4. The van der Waals surface area contributed by atoms with Gasteiger partial charge in [0.1, 0.15) is 6.17 Å². The van der Waals surface area contributed by atoms with Gasteiger partial charge in [0.25, 0.3) is 0 Å². The molecule has 0 aromatic carbocycles. The van der Waals surface area contributed by atoms with Crippen molar-refractivity contribution in [2.45, 2.75) is 45.8 Å². The second-order valence-corrected chi connectivity index (χ2v) is 4.64. The molecule has 0 aliphatic carbocycles. The van der Waals surface area contributed by atoms with E-state index in [1.54, 1.807) is 6.92 Å². The van der Waals surface area contributed by atoms with Gasteiger partial charge in [0.05, 0.1) is 0 Å².